The Morgan fingerprint density at radius 2 is 2.20 bits per heavy atom. The maximum atomic E-state index is 10.8. The highest BCUT2D eigenvalue weighted by atomic mass is 32.2. The largest absolute Gasteiger partial charge is 0.549 e. The van der Waals surface area contributed by atoms with Crippen molar-refractivity contribution in [2.24, 2.45) is 0 Å². The normalized spacial score (nSPS) is 23.4. The Hall–Kier alpha value is -1.16. The molecule has 1 saturated carbocycles. The zero-order chi connectivity index (χ0) is 14.2. The smallest absolute Gasteiger partial charge is 0.124 e. The predicted molar refractivity (Wildman–Crippen MR) is 77.8 cm³/mol. The lowest BCUT2D eigenvalue weighted by atomic mass is 9.88. The third-order valence-corrected chi connectivity index (χ3v) is 5.54. The van der Waals surface area contributed by atoms with E-state index in [1.807, 2.05) is 6.07 Å². The molecule has 3 nitrogen and oxygen atoms in total. The molecule has 1 spiro atoms. The van der Waals surface area contributed by atoms with Gasteiger partial charge in [0.05, 0.1) is 5.97 Å². The monoisotopic (exact) mass is 291 g/mol. The fourth-order valence-corrected chi connectivity index (χ4v) is 4.50. The van der Waals surface area contributed by atoms with Crippen LogP contribution in [-0.2, 0) is 4.79 Å². The number of carbonyl (C=O) groups excluding carboxylic acids is 1. The lowest BCUT2D eigenvalue weighted by Gasteiger charge is -2.40. The van der Waals surface area contributed by atoms with Gasteiger partial charge in [0.1, 0.15) is 11.4 Å². The second kappa shape index (κ2) is 5.32. The van der Waals surface area contributed by atoms with Crippen LogP contribution >= 0.6 is 11.8 Å². The quantitative estimate of drug-likeness (QED) is 0.859. The molecule has 1 aromatic carbocycles. The summed E-state index contributed by atoms with van der Waals surface area (Å²) in [6, 6.07) is 6.23. The number of hydrogen-bond acceptors (Lipinski definition) is 4. The highest BCUT2D eigenvalue weighted by Crippen LogP contribution is 2.51. The molecule has 1 atom stereocenters. The minimum absolute atomic E-state index is 0.0497. The number of carboxylic acid groups (broad SMARTS) is 1. The SMILES string of the molecule is Cc1ccc2c(c1)C(SCC(=O)[O-])CC1(CCCC1)O2. The van der Waals surface area contributed by atoms with Gasteiger partial charge in [-0.2, -0.15) is 0 Å². The molecule has 1 aliphatic carbocycles. The molecule has 1 fully saturated rings. The maximum Gasteiger partial charge on any atom is 0.124 e. The van der Waals surface area contributed by atoms with Crippen LogP contribution in [0.1, 0.15) is 48.5 Å². The molecule has 0 aromatic heterocycles. The minimum atomic E-state index is -0.990. The van der Waals surface area contributed by atoms with Crippen molar-refractivity contribution in [3.63, 3.8) is 0 Å². The van der Waals surface area contributed by atoms with Gasteiger partial charge < -0.3 is 14.6 Å². The summed E-state index contributed by atoms with van der Waals surface area (Å²) in [7, 11) is 0. The highest BCUT2D eigenvalue weighted by Gasteiger charge is 2.43. The molecular formula is C16H19O3S-. The van der Waals surface area contributed by atoms with Crippen LogP contribution in [0.3, 0.4) is 0 Å². The Kier molecular flexibility index (Phi) is 3.67. The van der Waals surface area contributed by atoms with Gasteiger partial charge in [0, 0.05) is 23.0 Å². The first-order chi connectivity index (χ1) is 9.58. The minimum Gasteiger partial charge on any atom is -0.549 e. The van der Waals surface area contributed by atoms with Crippen molar-refractivity contribution in [3.05, 3.63) is 29.3 Å². The molecule has 0 bridgehead atoms. The van der Waals surface area contributed by atoms with Crippen molar-refractivity contribution in [1.82, 2.24) is 0 Å². The lowest BCUT2D eigenvalue weighted by molar-refractivity contribution is -0.301. The molecule has 0 saturated heterocycles. The van der Waals surface area contributed by atoms with Crippen molar-refractivity contribution in [3.8, 4) is 5.75 Å². The van der Waals surface area contributed by atoms with E-state index in [9.17, 15) is 9.90 Å². The third-order valence-electron chi connectivity index (χ3n) is 4.31. The summed E-state index contributed by atoms with van der Waals surface area (Å²) in [5.41, 5.74) is 2.27. The molecule has 2 aliphatic rings. The molecule has 3 rings (SSSR count). The van der Waals surface area contributed by atoms with Crippen molar-refractivity contribution in [2.45, 2.75) is 49.9 Å². The summed E-state index contributed by atoms with van der Waals surface area (Å²) < 4.78 is 6.30. The van der Waals surface area contributed by atoms with Gasteiger partial charge in [0.15, 0.2) is 0 Å². The van der Waals surface area contributed by atoms with Gasteiger partial charge in [0.2, 0.25) is 0 Å². The van der Waals surface area contributed by atoms with Crippen LogP contribution in [-0.4, -0.2) is 17.3 Å². The zero-order valence-corrected chi connectivity index (χ0v) is 12.5. The molecule has 1 aliphatic heterocycles. The van der Waals surface area contributed by atoms with E-state index < -0.39 is 5.97 Å². The summed E-state index contributed by atoms with van der Waals surface area (Å²) in [5, 5.41) is 11.0. The van der Waals surface area contributed by atoms with Gasteiger partial charge in [-0.1, -0.05) is 17.7 Å². The average Bonchev–Trinajstić information content (AvgIpc) is 2.85. The van der Waals surface area contributed by atoms with E-state index in [0.717, 1.165) is 30.6 Å². The molecular weight excluding hydrogens is 272 g/mol. The Morgan fingerprint density at radius 3 is 2.90 bits per heavy atom. The number of aryl methyl sites for hydroxylation is 1. The summed E-state index contributed by atoms with van der Waals surface area (Å²) in [4.78, 5) is 10.8. The molecule has 20 heavy (non-hydrogen) atoms. The molecule has 108 valence electrons. The molecule has 1 unspecified atom stereocenters. The van der Waals surface area contributed by atoms with Crippen LogP contribution in [0.4, 0.5) is 0 Å². The number of fused-ring (bicyclic) bond motifs is 1. The first-order valence-electron chi connectivity index (χ1n) is 7.19. The van der Waals surface area contributed by atoms with Crippen LogP contribution in [0.5, 0.6) is 5.75 Å². The maximum absolute atomic E-state index is 10.8. The zero-order valence-electron chi connectivity index (χ0n) is 11.7. The van der Waals surface area contributed by atoms with Crippen LogP contribution in [0.25, 0.3) is 0 Å². The Balaban J connectivity index is 1.90. The van der Waals surface area contributed by atoms with Crippen molar-refractivity contribution in [1.29, 1.82) is 0 Å². The number of ether oxygens (including phenoxy) is 1. The number of benzene rings is 1. The standard InChI is InChI=1S/C16H20O3S/c1-11-4-5-13-12(8-11)14(20-10-15(17)18)9-16(19-13)6-2-3-7-16/h4-5,8,14H,2-3,6-7,9-10H2,1H3,(H,17,18)/p-1. The highest BCUT2D eigenvalue weighted by molar-refractivity contribution is 8.00. The molecule has 0 N–H and O–H groups in total. The Labute approximate surface area is 123 Å². The molecule has 1 heterocycles. The van der Waals surface area contributed by atoms with Crippen LogP contribution < -0.4 is 9.84 Å². The van der Waals surface area contributed by atoms with E-state index in [4.69, 9.17) is 4.74 Å². The fraction of sp³-hybridized carbons (Fsp3) is 0.562. The topological polar surface area (TPSA) is 49.4 Å². The third kappa shape index (κ3) is 2.66. The molecule has 1 aromatic rings. The second-order valence-corrected chi connectivity index (χ2v) is 7.10. The van der Waals surface area contributed by atoms with E-state index in [0.29, 0.717) is 0 Å². The Bertz CT molecular complexity index is 520. The number of carboxylic acids is 1. The number of thioether (sulfide) groups is 1. The van der Waals surface area contributed by atoms with E-state index in [2.05, 4.69) is 19.1 Å². The van der Waals surface area contributed by atoms with Crippen molar-refractivity contribution >= 4 is 17.7 Å². The van der Waals surface area contributed by atoms with E-state index in [-0.39, 0.29) is 16.6 Å². The van der Waals surface area contributed by atoms with E-state index >= 15 is 0 Å². The van der Waals surface area contributed by atoms with Gasteiger partial charge in [-0.05, 0) is 38.7 Å². The first kappa shape index (κ1) is 13.8. The number of hydrogen-bond donors (Lipinski definition) is 0. The van der Waals surface area contributed by atoms with Crippen LogP contribution in [0.2, 0.25) is 0 Å². The number of carbonyl (C=O) groups is 1. The second-order valence-electron chi connectivity index (χ2n) is 5.91. The number of aliphatic carboxylic acids is 1. The summed E-state index contributed by atoms with van der Waals surface area (Å²) >= 11 is 1.48. The van der Waals surface area contributed by atoms with Gasteiger partial charge in [0.25, 0.3) is 0 Å². The van der Waals surface area contributed by atoms with Crippen LogP contribution in [0.15, 0.2) is 18.2 Å². The fourth-order valence-electron chi connectivity index (χ4n) is 3.38. The average molecular weight is 291 g/mol. The van der Waals surface area contributed by atoms with Crippen molar-refractivity contribution < 1.29 is 14.6 Å². The number of rotatable bonds is 3. The summed E-state index contributed by atoms with van der Waals surface area (Å²) in [5.74, 6) is 0.00414. The predicted octanol–water partition coefficient (Wildman–Crippen LogP) is 2.61. The lowest BCUT2D eigenvalue weighted by Crippen LogP contribution is -2.38. The Morgan fingerprint density at radius 1 is 1.45 bits per heavy atom. The molecule has 0 radical (unpaired) electrons. The molecule has 4 heteroatoms. The van der Waals surface area contributed by atoms with E-state index in [1.54, 1.807) is 0 Å². The van der Waals surface area contributed by atoms with Crippen LogP contribution in [0, 0.1) is 6.92 Å². The van der Waals surface area contributed by atoms with E-state index in [1.165, 1.54) is 30.2 Å². The summed E-state index contributed by atoms with van der Waals surface area (Å²) in [6.07, 6.45) is 5.50. The van der Waals surface area contributed by atoms with Gasteiger partial charge in [-0.3, -0.25) is 0 Å². The van der Waals surface area contributed by atoms with Gasteiger partial charge >= 0.3 is 0 Å². The first-order valence-corrected chi connectivity index (χ1v) is 8.24. The van der Waals surface area contributed by atoms with Gasteiger partial charge in [-0.15, -0.1) is 11.8 Å². The summed E-state index contributed by atoms with van der Waals surface area (Å²) in [6.45, 7) is 2.06. The molecule has 0 amide bonds. The van der Waals surface area contributed by atoms with Gasteiger partial charge in [-0.25, -0.2) is 0 Å². The van der Waals surface area contributed by atoms with Crippen molar-refractivity contribution in [2.75, 3.05) is 5.75 Å².